The van der Waals surface area contributed by atoms with Gasteiger partial charge in [-0.25, -0.2) is 0 Å². The molecule has 3 heteroatoms. The van der Waals surface area contributed by atoms with Crippen molar-refractivity contribution in [2.24, 2.45) is 5.73 Å². The molecule has 0 bridgehead atoms. The highest BCUT2D eigenvalue weighted by Gasteiger charge is 2.16. The highest BCUT2D eigenvalue weighted by Crippen LogP contribution is 2.23. The van der Waals surface area contributed by atoms with Crippen LogP contribution in [0.15, 0.2) is 18.2 Å². The van der Waals surface area contributed by atoms with Gasteiger partial charge >= 0.3 is 0 Å². The largest absolute Gasteiger partial charge is 0.488 e. The summed E-state index contributed by atoms with van der Waals surface area (Å²) in [5.74, 6) is 0.969. The third-order valence-corrected chi connectivity index (χ3v) is 3.04. The molecule has 0 spiro atoms. The molecule has 1 fully saturated rings. The van der Waals surface area contributed by atoms with Crippen LogP contribution in [0.3, 0.4) is 0 Å². The molecule has 1 atom stereocenters. The van der Waals surface area contributed by atoms with Crippen molar-refractivity contribution in [2.45, 2.75) is 32.3 Å². The molecule has 1 unspecified atom stereocenters. The Morgan fingerprint density at radius 1 is 1.47 bits per heavy atom. The highest BCUT2D eigenvalue weighted by molar-refractivity contribution is 5.37. The summed E-state index contributed by atoms with van der Waals surface area (Å²) in [5, 5.41) is 0. The fourth-order valence-corrected chi connectivity index (χ4v) is 2.16. The Morgan fingerprint density at radius 3 is 3.06 bits per heavy atom. The van der Waals surface area contributed by atoms with Gasteiger partial charge in [-0.3, -0.25) is 0 Å². The Hall–Kier alpha value is -1.06. The molecule has 17 heavy (non-hydrogen) atoms. The van der Waals surface area contributed by atoms with Crippen molar-refractivity contribution in [3.63, 3.8) is 0 Å². The third-order valence-electron chi connectivity index (χ3n) is 3.04. The molecule has 1 aliphatic heterocycles. The van der Waals surface area contributed by atoms with Gasteiger partial charge in [0.15, 0.2) is 0 Å². The molecule has 2 rings (SSSR count). The maximum atomic E-state index is 6.01. The van der Waals surface area contributed by atoms with Crippen molar-refractivity contribution in [2.75, 3.05) is 19.8 Å². The molecule has 94 valence electrons. The quantitative estimate of drug-likeness (QED) is 0.868. The van der Waals surface area contributed by atoms with E-state index in [0.717, 1.165) is 31.6 Å². The van der Waals surface area contributed by atoms with Crippen LogP contribution in [0, 0.1) is 6.92 Å². The summed E-state index contributed by atoms with van der Waals surface area (Å²) in [7, 11) is 0. The fourth-order valence-electron chi connectivity index (χ4n) is 2.16. The van der Waals surface area contributed by atoms with Crippen LogP contribution in [0.2, 0.25) is 0 Å². The molecule has 2 N–H and O–H groups in total. The highest BCUT2D eigenvalue weighted by atomic mass is 16.5. The molecule has 1 heterocycles. The van der Waals surface area contributed by atoms with Gasteiger partial charge in [-0.15, -0.1) is 0 Å². The van der Waals surface area contributed by atoms with Gasteiger partial charge in [-0.2, -0.15) is 0 Å². The van der Waals surface area contributed by atoms with Crippen molar-refractivity contribution in [1.82, 2.24) is 0 Å². The van der Waals surface area contributed by atoms with Gasteiger partial charge < -0.3 is 15.2 Å². The van der Waals surface area contributed by atoms with E-state index in [1.165, 1.54) is 11.1 Å². The van der Waals surface area contributed by atoms with Gasteiger partial charge in [-0.05, 0) is 44.4 Å². The van der Waals surface area contributed by atoms with Gasteiger partial charge in [0.05, 0.1) is 6.61 Å². The molecular weight excluding hydrogens is 214 g/mol. The lowest BCUT2D eigenvalue weighted by Crippen LogP contribution is -2.28. The molecule has 1 aromatic carbocycles. The second-order valence-electron chi connectivity index (χ2n) is 4.61. The van der Waals surface area contributed by atoms with Crippen molar-refractivity contribution in [3.8, 4) is 5.75 Å². The van der Waals surface area contributed by atoms with Crippen LogP contribution in [0.4, 0.5) is 0 Å². The van der Waals surface area contributed by atoms with E-state index in [9.17, 15) is 0 Å². The number of rotatable bonds is 4. The van der Waals surface area contributed by atoms with Crippen molar-refractivity contribution in [3.05, 3.63) is 29.3 Å². The summed E-state index contributed by atoms with van der Waals surface area (Å²) in [6, 6.07) is 6.29. The van der Waals surface area contributed by atoms with Crippen molar-refractivity contribution >= 4 is 0 Å². The van der Waals surface area contributed by atoms with E-state index < -0.39 is 0 Å². The molecule has 0 aromatic heterocycles. The smallest absolute Gasteiger partial charge is 0.123 e. The Kier molecular flexibility index (Phi) is 4.40. The predicted molar refractivity (Wildman–Crippen MR) is 68.4 cm³/mol. The summed E-state index contributed by atoms with van der Waals surface area (Å²) in [6.07, 6.45) is 3.23. The monoisotopic (exact) mass is 235 g/mol. The van der Waals surface area contributed by atoms with Crippen LogP contribution in [0.25, 0.3) is 0 Å². The summed E-state index contributed by atoms with van der Waals surface area (Å²) >= 11 is 0. The normalized spacial score (nSPS) is 20.2. The van der Waals surface area contributed by atoms with E-state index in [1.807, 2.05) is 0 Å². The van der Waals surface area contributed by atoms with E-state index in [0.29, 0.717) is 13.2 Å². The summed E-state index contributed by atoms with van der Waals surface area (Å²) < 4.78 is 11.4. The number of hydrogen-bond donors (Lipinski definition) is 1. The van der Waals surface area contributed by atoms with E-state index >= 15 is 0 Å². The maximum absolute atomic E-state index is 6.01. The number of nitrogens with two attached hydrogens (primary N) is 1. The molecule has 0 amide bonds. The molecular formula is C14H21NO2. The van der Waals surface area contributed by atoms with E-state index in [-0.39, 0.29) is 6.10 Å². The first kappa shape index (κ1) is 12.4. The minimum Gasteiger partial charge on any atom is -0.488 e. The van der Waals surface area contributed by atoms with Crippen LogP contribution in [-0.4, -0.2) is 25.9 Å². The summed E-state index contributed by atoms with van der Waals surface area (Å²) in [5.41, 5.74) is 8.09. The first-order valence-electron chi connectivity index (χ1n) is 6.33. The zero-order valence-electron chi connectivity index (χ0n) is 10.4. The molecule has 1 aliphatic rings. The standard InChI is InChI=1S/C14H21NO2/c1-11-4-5-14(12(9-11)6-7-15)17-13-3-2-8-16-10-13/h4-5,9,13H,2-3,6-8,10,15H2,1H3. The second-order valence-corrected chi connectivity index (χ2v) is 4.61. The lowest BCUT2D eigenvalue weighted by Gasteiger charge is -2.24. The molecule has 0 radical (unpaired) electrons. The number of aryl methyl sites for hydroxylation is 1. The first-order valence-corrected chi connectivity index (χ1v) is 6.33. The SMILES string of the molecule is Cc1ccc(OC2CCCOC2)c(CCN)c1. The maximum Gasteiger partial charge on any atom is 0.123 e. The average Bonchev–Trinajstić information content (AvgIpc) is 2.34. The fraction of sp³-hybridized carbons (Fsp3) is 0.571. The van der Waals surface area contributed by atoms with E-state index in [4.69, 9.17) is 15.2 Å². The minimum atomic E-state index is 0.197. The first-order chi connectivity index (χ1) is 8.29. The molecule has 0 aliphatic carbocycles. The van der Waals surface area contributed by atoms with Crippen LogP contribution >= 0.6 is 0 Å². The molecule has 1 aromatic rings. The van der Waals surface area contributed by atoms with Crippen LogP contribution < -0.4 is 10.5 Å². The molecule has 1 saturated heterocycles. The van der Waals surface area contributed by atoms with Gasteiger partial charge in [0.2, 0.25) is 0 Å². The van der Waals surface area contributed by atoms with Gasteiger partial charge in [0.25, 0.3) is 0 Å². The molecule has 3 nitrogen and oxygen atoms in total. The van der Waals surface area contributed by atoms with E-state index in [1.54, 1.807) is 0 Å². The van der Waals surface area contributed by atoms with Gasteiger partial charge in [0, 0.05) is 6.61 Å². The van der Waals surface area contributed by atoms with Gasteiger partial charge in [0.1, 0.15) is 11.9 Å². The van der Waals surface area contributed by atoms with Crippen molar-refractivity contribution < 1.29 is 9.47 Å². The second kappa shape index (κ2) is 6.03. The summed E-state index contributed by atoms with van der Waals surface area (Å²) in [6.45, 7) is 4.31. The Bertz CT molecular complexity index is 359. The number of benzene rings is 1. The zero-order chi connectivity index (χ0) is 12.1. The Balaban J connectivity index is 2.07. The van der Waals surface area contributed by atoms with E-state index in [2.05, 4.69) is 25.1 Å². The van der Waals surface area contributed by atoms with Crippen LogP contribution in [-0.2, 0) is 11.2 Å². The van der Waals surface area contributed by atoms with Crippen molar-refractivity contribution in [1.29, 1.82) is 0 Å². The Labute approximate surface area is 103 Å². The van der Waals surface area contributed by atoms with Crippen LogP contribution in [0.5, 0.6) is 5.75 Å². The lowest BCUT2D eigenvalue weighted by atomic mass is 10.1. The Morgan fingerprint density at radius 2 is 2.35 bits per heavy atom. The predicted octanol–water partition coefficient (Wildman–Crippen LogP) is 2.05. The number of ether oxygens (including phenoxy) is 2. The third kappa shape index (κ3) is 3.45. The number of hydrogen-bond acceptors (Lipinski definition) is 3. The summed E-state index contributed by atoms with van der Waals surface area (Å²) in [4.78, 5) is 0. The minimum absolute atomic E-state index is 0.197. The topological polar surface area (TPSA) is 44.5 Å². The molecule has 0 saturated carbocycles. The zero-order valence-corrected chi connectivity index (χ0v) is 10.4. The van der Waals surface area contributed by atoms with Gasteiger partial charge in [-0.1, -0.05) is 17.7 Å². The average molecular weight is 235 g/mol. The van der Waals surface area contributed by atoms with Crippen LogP contribution in [0.1, 0.15) is 24.0 Å². The lowest BCUT2D eigenvalue weighted by molar-refractivity contribution is 0.00705.